The van der Waals surface area contributed by atoms with Crippen LogP contribution in [0.2, 0.25) is 0 Å². The minimum absolute atomic E-state index is 0.154. The number of nitrogens with one attached hydrogen (secondary N) is 1. The summed E-state index contributed by atoms with van der Waals surface area (Å²) in [4.78, 5) is 12.3. The highest BCUT2D eigenvalue weighted by atomic mass is 79.9. The van der Waals surface area contributed by atoms with Crippen LogP contribution in [-0.4, -0.2) is 18.6 Å². The maximum absolute atomic E-state index is 12.3. The third-order valence-corrected chi connectivity index (χ3v) is 4.10. The van der Waals surface area contributed by atoms with E-state index in [9.17, 15) is 4.79 Å². The Morgan fingerprint density at radius 1 is 1.53 bits per heavy atom. The number of benzene rings is 1. The van der Waals surface area contributed by atoms with Crippen molar-refractivity contribution < 1.29 is 9.53 Å². The Morgan fingerprint density at radius 3 is 2.68 bits per heavy atom. The molecule has 1 fully saturated rings. The zero-order valence-electron chi connectivity index (χ0n) is 11.4. The molecule has 2 rings (SSSR count). The molecule has 104 valence electrons. The van der Waals surface area contributed by atoms with Crippen LogP contribution in [0.1, 0.15) is 25.3 Å². The van der Waals surface area contributed by atoms with Gasteiger partial charge in [0.05, 0.1) is 18.3 Å². The molecule has 0 saturated heterocycles. The van der Waals surface area contributed by atoms with Gasteiger partial charge >= 0.3 is 0 Å². The molecule has 4 nitrogen and oxygen atoms in total. The highest BCUT2D eigenvalue weighted by Gasteiger charge is 2.44. The van der Waals surface area contributed by atoms with Crippen molar-refractivity contribution >= 4 is 27.5 Å². The molecule has 3 N–H and O–H groups in total. The number of nitrogens with two attached hydrogens (primary N) is 1. The molecule has 1 atom stereocenters. The van der Waals surface area contributed by atoms with Gasteiger partial charge in [-0.05, 0) is 50.3 Å². The van der Waals surface area contributed by atoms with Crippen molar-refractivity contribution in [3.63, 3.8) is 0 Å². The van der Waals surface area contributed by atoms with Gasteiger partial charge in [0.2, 0.25) is 5.91 Å². The van der Waals surface area contributed by atoms with Gasteiger partial charge < -0.3 is 15.8 Å². The molecule has 0 heterocycles. The standard InChI is InChI=1S/C14H19BrN2O2/c1-8-6-10(15)7-11(19-3)12(8)17-13(18)14(2,16)9-4-5-9/h6-7,9H,4-5,16H2,1-3H3,(H,17,18). The van der Waals surface area contributed by atoms with Crippen LogP contribution < -0.4 is 15.8 Å². The first-order valence-electron chi connectivity index (χ1n) is 6.30. The van der Waals surface area contributed by atoms with Crippen molar-refractivity contribution in [2.75, 3.05) is 12.4 Å². The molecule has 1 unspecified atom stereocenters. The van der Waals surface area contributed by atoms with E-state index in [0.29, 0.717) is 11.4 Å². The Labute approximate surface area is 121 Å². The summed E-state index contributed by atoms with van der Waals surface area (Å²) in [7, 11) is 1.58. The lowest BCUT2D eigenvalue weighted by atomic mass is 9.96. The fourth-order valence-corrected chi connectivity index (χ4v) is 2.70. The monoisotopic (exact) mass is 326 g/mol. The van der Waals surface area contributed by atoms with Crippen molar-refractivity contribution in [1.82, 2.24) is 0 Å². The van der Waals surface area contributed by atoms with Crippen LogP contribution in [0.4, 0.5) is 5.69 Å². The van der Waals surface area contributed by atoms with Crippen molar-refractivity contribution in [2.45, 2.75) is 32.2 Å². The van der Waals surface area contributed by atoms with Gasteiger partial charge in [0.1, 0.15) is 5.75 Å². The van der Waals surface area contributed by atoms with E-state index in [1.165, 1.54) is 0 Å². The van der Waals surface area contributed by atoms with Crippen LogP contribution in [0.3, 0.4) is 0 Å². The molecular weight excluding hydrogens is 308 g/mol. The van der Waals surface area contributed by atoms with Gasteiger partial charge in [0, 0.05) is 4.47 Å². The van der Waals surface area contributed by atoms with Crippen molar-refractivity contribution in [1.29, 1.82) is 0 Å². The SMILES string of the molecule is COc1cc(Br)cc(C)c1NC(=O)C(C)(N)C1CC1. The van der Waals surface area contributed by atoms with Gasteiger partial charge in [-0.2, -0.15) is 0 Å². The molecule has 1 saturated carbocycles. The largest absolute Gasteiger partial charge is 0.495 e. The van der Waals surface area contributed by atoms with Crippen LogP contribution in [0.25, 0.3) is 0 Å². The van der Waals surface area contributed by atoms with Crippen LogP contribution in [0.15, 0.2) is 16.6 Å². The molecule has 0 radical (unpaired) electrons. The second-order valence-corrected chi connectivity index (χ2v) is 6.23. The number of halogens is 1. The summed E-state index contributed by atoms with van der Waals surface area (Å²) in [6.45, 7) is 3.72. The normalized spacial score (nSPS) is 17.7. The summed E-state index contributed by atoms with van der Waals surface area (Å²) in [5, 5.41) is 2.91. The van der Waals surface area contributed by atoms with Crippen LogP contribution in [-0.2, 0) is 4.79 Å². The summed E-state index contributed by atoms with van der Waals surface area (Å²) in [6.07, 6.45) is 2.05. The van der Waals surface area contributed by atoms with E-state index in [4.69, 9.17) is 10.5 Å². The molecule has 0 aliphatic heterocycles. The molecule has 1 amide bonds. The van der Waals surface area contributed by atoms with E-state index < -0.39 is 5.54 Å². The van der Waals surface area contributed by atoms with Gasteiger partial charge in [-0.15, -0.1) is 0 Å². The number of ether oxygens (including phenoxy) is 1. The Balaban J connectivity index is 2.25. The molecule has 0 spiro atoms. The Kier molecular flexibility index (Phi) is 3.87. The molecule has 0 bridgehead atoms. The van der Waals surface area contributed by atoms with Crippen molar-refractivity contribution in [3.8, 4) is 5.75 Å². The second kappa shape index (κ2) is 5.13. The first-order valence-corrected chi connectivity index (χ1v) is 7.10. The molecule has 1 aromatic rings. The molecular formula is C14H19BrN2O2. The van der Waals surface area contributed by atoms with E-state index in [1.54, 1.807) is 14.0 Å². The van der Waals surface area contributed by atoms with Gasteiger partial charge in [-0.1, -0.05) is 15.9 Å². The topological polar surface area (TPSA) is 64.3 Å². The predicted octanol–water partition coefficient (Wildman–Crippen LogP) is 2.83. The van der Waals surface area contributed by atoms with E-state index in [0.717, 1.165) is 22.9 Å². The van der Waals surface area contributed by atoms with Gasteiger partial charge in [0.25, 0.3) is 0 Å². The summed E-state index contributed by atoms with van der Waals surface area (Å²) in [5.74, 6) is 0.764. The predicted molar refractivity (Wildman–Crippen MR) is 79.4 cm³/mol. The fraction of sp³-hybridized carbons (Fsp3) is 0.500. The zero-order chi connectivity index (χ0) is 14.2. The van der Waals surface area contributed by atoms with Gasteiger partial charge in [0.15, 0.2) is 0 Å². The lowest BCUT2D eigenvalue weighted by Crippen LogP contribution is -2.50. The fourth-order valence-electron chi connectivity index (χ4n) is 2.15. The number of carbonyl (C=O) groups excluding carboxylic acids is 1. The maximum atomic E-state index is 12.3. The van der Waals surface area contributed by atoms with Gasteiger partial charge in [-0.3, -0.25) is 4.79 Å². The number of amides is 1. The number of anilines is 1. The lowest BCUT2D eigenvalue weighted by Gasteiger charge is -2.24. The summed E-state index contributed by atoms with van der Waals surface area (Å²) in [5.41, 5.74) is 6.93. The van der Waals surface area contributed by atoms with Crippen LogP contribution in [0.5, 0.6) is 5.75 Å². The minimum atomic E-state index is -0.815. The van der Waals surface area contributed by atoms with E-state index in [2.05, 4.69) is 21.2 Å². The average Bonchev–Trinajstić information content (AvgIpc) is 3.16. The second-order valence-electron chi connectivity index (χ2n) is 5.31. The first kappa shape index (κ1) is 14.3. The first-order chi connectivity index (χ1) is 8.86. The number of hydrogen-bond donors (Lipinski definition) is 2. The maximum Gasteiger partial charge on any atom is 0.244 e. The molecule has 1 aliphatic carbocycles. The summed E-state index contributed by atoms with van der Waals surface area (Å²) >= 11 is 3.41. The van der Waals surface area contributed by atoms with Crippen molar-refractivity contribution in [3.05, 3.63) is 22.2 Å². The number of rotatable bonds is 4. The Morgan fingerprint density at radius 2 is 2.16 bits per heavy atom. The van der Waals surface area contributed by atoms with E-state index in [1.807, 2.05) is 19.1 Å². The van der Waals surface area contributed by atoms with E-state index >= 15 is 0 Å². The molecule has 5 heteroatoms. The number of carbonyl (C=O) groups is 1. The van der Waals surface area contributed by atoms with Crippen molar-refractivity contribution in [2.24, 2.45) is 11.7 Å². The smallest absolute Gasteiger partial charge is 0.244 e. The quantitative estimate of drug-likeness (QED) is 0.894. The number of hydrogen-bond acceptors (Lipinski definition) is 3. The molecule has 0 aromatic heterocycles. The molecule has 1 aromatic carbocycles. The zero-order valence-corrected chi connectivity index (χ0v) is 13.0. The van der Waals surface area contributed by atoms with E-state index in [-0.39, 0.29) is 11.8 Å². The summed E-state index contributed by atoms with van der Waals surface area (Å²) in [6, 6.07) is 3.76. The van der Waals surface area contributed by atoms with Crippen LogP contribution >= 0.6 is 15.9 Å². The van der Waals surface area contributed by atoms with Crippen LogP contribution in [0, 0.1) is 12.8 Å². The summed E-state index contributed by atoms with van der Waals surface area (Å²) < 4.78 is 6.23. The third kappa shape index (κ3) is 2.92. The molecule has 1 aliphatic rings. The third-order valence-electron chi connectivity index (χ3n) is 3.64. The Bertz CT molecular complexity index is 510. The average molecular weight is 327 g/mol. The number of aryl methyl sites for hydroxylation is 1. The highest BCUT2D eigenvalue weighted by Crippen LogP contribution is 2.39. The minimum Gasteiger partial charge on any atom is -0.495 e. The lowest BCUT2D eigenvalue weighted by molar-refractivity contribution is -0.121. The highest BCUT2D eigenvalue weighted by molar-refractivity contribution is 9.10. The Hall–Kier alpha value is -1.07. The van der Waals surface area contributed by atoms with Gasteiger partial charge in [-0.25, -0.2) is 0 Å². The molecule has 19 heavy (non-hydrogen) atoms. The number of methoxy groups -OCH3 is 1.